The van der Waals surface area contributed by atoms with Crippen molar-refractivity contribution in [2.45, 2.75) is 19.4 Å². The Balaban J connectivity index is 2.03. The summed E-state index contributed by atoms with van der Waals surface area (Å²) in [6, 6.07) is 17.6. The number of nitrogens with two attached hydrogens (primary N) is 1. The van der Waals surface area contributed by atoms with Crippen molar-refractivity contribution in [3.63, 3.8) is 0 Å². The van der Waals surface area contributed by atoms with Gasteiger partial charge in [0.1, 0.15) is 12.4 Å². The highest BCUT2D eigenvalue weighted by Crippen LogP contribution is 2.27. The maximum Gasteiger partial charge on any atom is 0.142 e. The first kappa shape index (κ1) is 20.9. The van der Waals surface area contributed by atoms with Gasteiger partial charge in [-0.3, -0.25) is 0 Å². The van der Waals surface area contributed by atoms with Gasteiger partial charge < -0.3 is 25.8 Å². The molecular formula is C21H25N5O2. The van der Waals surface area contributed by atoms with Crippen molar-refractivity contribution in [3.05, 3.63) is 48.0 Å². The van der Waals surface area contributed by atoms with Crippen LogP contribution >= 0.6 is 0 Å². The lowest BCUT2D eigenvalue weighted by molar-refractivity contribution is 0.202. The van der Waals surface area contributed by atoms with Crippen LogP contribution in [0.2, 0.25) is 0 Å². The molecule has 2 aromatic carbocycles. The normalized spacial score (nSPS) is 9.96. The summed E-state index contributed by atoms with van der Waals surface area (Å²) in [7, 11) is 0. The van der Waals surface area contributed by atoms with Crippen molar-refractivity contribution >= 4 is 17.1 Å². The van der Waals surface area contributed by atoms with Crippen molar-refractivity contribution in [3.8, 4) is 17.9 Å². The van der Waals surface area contributed by atoms with Crippen LogP contribution in [0.1, 0.15) is 18.4 Å². The van der Waals surface area contributed by atoms with Gasteiger partial charge in [-0.1, -0.05) is 12.1 Å². The minimum atomic E-state index is -0.0562. The Labute approximate surface area is 165 Å². The zero-order valence-corrected chi connectivity index (χ0v) is 15.8. The van der Waals surface area contributed by atoms with Gasteiger partial charge in [0.05, 0.1) is 37.3 Å². The molecule has 0 spiro atoms. The number of ether oxygens (including phenoxy) is 1. The monoisotopic (exact) mass is 379 g/mol. The highest BCUT2D eigenvalue weighted by atomic mass is 16.5. The highest BCUT2D eigenvalue weighted by Gasteiger charge is 2.07. The number of nitrogen functional groups attached to an aromatic ring is 1. The van der Waals surface area contributed by atoms with E-state index in [1.54, 1.807) is 18.2 Å². The average Bonchev–Trinajstić information content (AvgIpc) is 2.72. The van der Waals surface area contributed by atoms with Crippen LogP contribution in [0.3, 0.4) is 0 Å². The molecule has 0 heterocycles. The van der Waals surface area contributed by atoms with Crippen LogP contribution in [0.15, 0.2) is 42.5 Å². The van der Waals surface area contributed by atoms with E-state index in [2.05, 4.69) is 17.5 Å². The molecular weight excluding hydrogens is 354 g/mol. The summed E-state index contributed by atoms with van der Waals surface area (Å²) < 4.78 is 5.53. The Kier molecular flexibility index (Phi) is 8.45. The summed E-state index contributed by atoms with van der Waals surface area (Å²) >= 11 is 0. The lowest BCUT2D eigenvalue weighted by Crippen LogP contribution is -2.25. The molecule has 0 aliphatic rings. The molecule has 0 fully saturated rings. The topological polar surface area (TPSA) is 118 Å². The smallest absolute Gasteiger partial charge is 0.142 e. The molecule has 0 saturated heterocycles. The molecule has 0 amide bonds. The highest BCUT2D eigenvalue weighted by molar-refractivity contribution is 5.63. The number of anilines is 3. The first-order valence-corrected chi connectivity index (χ1v) is 9.12. The summed E-state index contributed by atoms with van der Waals surface area (Å²) in [4.78, 5) is 2.04. The van der Waals surface area contributed by atoms with E-state index in [0.29, 0.717) is 43.9 Å². The van der Waals surface area contributed by atoms with Crippen LogP contribution < -0.4 is 20.7 Å². The average molecular weight is 379 g/mol. The second-order valence-electron chi connectivity index (χ2n) is 6.15. The molecule has 0 radical (unpaired) electrons. The first-order chi connectivity index (χ1) is 13.7. The maximum atomic E-state index is 8.95. The third-order valence-electron chi connectivity index (χ3n) is 4.12. The fourth-order valence-corrected chi connectivity index (χ4v) is 2.73. The van der Waals surface area contributed by atoms with Gasteiger partial charge in [-0.05, 0) is 35.9 Å². The van der Waals surface area contributed by atoms with E-state index in [4.69, 9.17) is 26.1 Å². The Morgan fingerprint density at radius 1 is 1.04 bits per heavy atom. The van der Waals surface area contributed by atoms with Gasteiger partial charge in [0.15, 0.2) is 0 Å². The van der Waals surface area contributed by atoms with Gasteiger partial charge in [-0.2, -0.15) is 10.5 Å². The predicted molar refractivity (Wildman–Crippen MR) is 110 cm³/mol. The molecule has 0 bridgehead atoms. The van der Waals surface area contributed by atoms with E-state index >= 15 is 0 Å². The molecule has 0 atom stereocenters. The van der Waals surface area contributed by atoms with E-state index in [-0.39, 0.29) is 13.2 Å². The number of benzene rings is 2. The number of nitrogens with zero attached hydrogens (tertiary/aromatic N) is 3. The molecule has 0 aromatic heterocycles. The minimum absolute atomic E-state index is 0.0562. The minimum Gasteiger partial charge on any atom is -0.489 e. The lowest BCUT2D eigenvalue weighted by Gasteiger charge is -2.23. The standard InChI is InChI=1S/C21H25N5O2/c22-9-1-11-26(12-2-10-23)19-6-3-17(4-7-19)16-25-20-15-18(24)5-8-21(20)28-14-13-27/h3-8,15,25,27H,1-2,11-14,16,24H2. The quantitative estimate of drug-likeness (QED) is 0.514. The van der Waals surface area contributed by atoms with Crippen molar-refractivity contribution in [2.75, 3.05) is 42.3 Å². The predicted octanol–water partition coefficient (Wildman–Crippen LogP) is 2.89. The van der Waals surface area contributed by atoms with Crippen LogP contribution in [0.25, 0.3) is 0 Å². The maximum absolute atomic E-state index is 8.95. The Morgan fingerprint density at radius 2 is 1.71 bits per heavy atom. The van der Waals surface area contributed by atoms with Crippen molar-refractivity contribution in [1.82, 2.24) is 0 Å². The second-order valence-corrected chi connectivity index (χ2v) is 6.15. The molecule has 28 heavy (non-hydrogen) atoms. The zero-order valence-electron chi connectivity index (χ0n) is 15.8. The first-order valence-electron chi connectivity index (χ1n) is 9.12. The number of hydrogen-bond acceptors (Lipinski definition) is 7. The van der Waals surface area contributed by atoms with E-state index in [1.165, 1.54) is 0 Å². The van der Waals surface area contributed by atoms with Crippen LogP contribution in [0, 0.1) is 22.7 Å². The van der Waals surface area contributed by atoms with Crippen LogP contribution in [-0.4, -0.2) is 31.4 Å². The van der Waals surface area contributed by atoms with Crippen molar-refractivity contribution < 1.29 is 9.84 Å². The van der Waals surface area contributed by atoms with Gasteiger partial charge in [-0.25, -0.2) is 0 Å². The Hall–Kier alpha value is -3.42. The number of nitriles is 2. The Bertz CT molecular complexity index is 806. The number of hydrogen-bond donors (Lipinski definition) is 3. The van der Waals surface area contributed by atoms with Crippen molar-refractivity contribution in [2.24, 2.45) is 0 Å². The zero-order chi connectivity index (χ0) is 20.2. The molecule has 0 aliphatic carbocycles. The summed E-state index contributed by atoms with van der Waals surface area (Å²) in [6.07, 6.45) is 0.835. The van der Waals surface area contributed by atoms with Crippen LogP contribution in [0.4, 0.5) is 17.1 Å². The molecule has 2 aromatic rings. The van der Waals surface area contributed by atoms with E-state index in [9.17, 15) is 0 Å². The lowest BCUT2D eigenvalue weighted by atomic mass is 10.1. The molecule has 2 rings (SSSR count). The van der Waals surface area contributed by atoms with Crippen LogP contribution in [-0.2, 0) is 6.54 Å². The summed E-state index contributed by atoms with van der Waals surface area (Å²) in [5.41, 5.74) is 9.31. The van der Waals surface area contributed by atoms with Gasteiger partial charge >= 0.3 is 0 Å². The largest absolute Gasteiger partial charge is 0.489 e. The SMILES string of the molecule is N#CCCN(CCC#N)c1ccc(CNc2cc(N)ccc2OCCO)cc1. The summed E-state index contributed by atoms with van der Waals surface area (Å²) in [6.45, 7) is 1.94. The molecule has 146 valence electrons. The fourth-order valence-electron chi connectivity index (χ4n) is 2.73. The van der Waals surface area contributed by atoms with Gasteiger partial charge in [0, 0.05) is 31.0 Å². The second kappa shape index (κ2) is 11.3. The number of rotatable bonds is 11. The third kappa shape index (κ3) is 6.39. The van der Waals surface area contributed by atoms with Gasteiger partial charge in [0.25, 0.3) is 0 Å². The molecule has 0 unspecified atom stereocenters. The van der Waals surface area contributed by atoms with Gasteiger partial charge in [0.2, 0.25) is 0 Å². The summed E-state index contributed by atoms with van der Waals surface area (Å²) in [5, 5.41) is 29.9. The Morgan fingerprint density at radius 3 is 2.32 bits per heavy atom. The fraction of sp³-hybridized carbons (Fsp3) is 0.333. The van der Waals surface area contributed by atoms with Crippen molar-refractivity contribution in [1.29, 1.82) is 10.5 Å². The molecule has 0 aliphatic heterocycles. The molecule has 4 N–H and O–H groups in total. The summed E-state index contributed by atoms with van der Waals surface area (Å²) in [5.74, 6) is 0.638. The number of nitrogens with one attached hydrogen (secondary N) is 1. The third-order valence-corrected chi connectivity index (χ3v) is 4.12. The van der Waals surface area contributed by atoms with Crippen LogP contribution in [0.5, 0.6) is 5.75 Å². The van der Waals surface area contributed by atoms with Gasteiger partial charge in [-0.15, -0.1) is 0 Å². The molecule has 7 nitrogen and oxygen atoms in total. The van der Waals surface area contributed by atoms with E-state index in [0.717, 1.165) is 16.9 Å². The molecule has 7 heteroatoms. The van der Waals surface area contributed by atoms with E-state index < -0.39 is 0 Å². The van der Waals surface area contributed by atoms with E-state index in [1.807, 2.05) is 29.2 Å². The molecule has 0 saturated carbocycles. The number of aliphatic hydroxyl groups is 1. The number of aliphatic hydroxyl groups excluding tert-OH is 1.